The smallest absolute Gasteiger partial charge is 0.0115 e. The molecule has 1 N–H and O–H groups in total. The molecule has 2 rings (SSSR count). The van der Waals surface area contributed by atoms with E-state index in [2.05, 4.69) is 49.9 Å². The fourth-order valence-electron chi connectivity index (χ4n) is 4.22. The van der Waals surface area contributed by atoms with Gasteiger partial charge in [0.1, 0.15) is 0 Å². The number of nitrogens with one attached hydrogen (secondary N) is 1. The van der Waals surface area contributed by atoms with Crippen molar-refractivity contribution in [2.45, 2.75) is 83.6 Å². The van der Waals surface area contributed by atoms with E-state index in [9.17, 15) is 0 Å². The molecule has 19 heavy (non-hydrogen) atoms. The zero-order valence-corrected chi connectivity index (χ0v) is 13.5. The summed E-state index contributed by atoms with van der Waals surface area (Å²) in [5, 5.41) is 3.49. The van der Waals surface area contributed by atoms with Crippen molar-refractivity contribution in [3.05, 3.63) is 0 Å². The van der Waals surface area contributed by atoms with Crippen LogP contribution in [0.4, 0.5) is 0 Å². The van der Waals surface area contributed by atoms with Crippen molar-refractivity contribution >= 4 is 0 Å². The van der Waals surface area contributed by atoms with Gasteiger partial charge in [-0.2, -0.15) is 0 Å². The molecule has 2 aliphatic rings. The summed E-state index contributed by atoms with van der Waals surface area (Å²) in [4.78, 5) is 5.44. The minimum absolute atomic E-state index is 0.660. The number of fused-ring (bicyclic) bond motifs is 2. The molecule has 3 heteroatoms. The quantitative estimate of drug-likeness (QED) is 0.797. The summed E-state index contributed by atoms with van der Waals surface area (Å²) in [7, 11) is 2.12. The summed E-state index contributed by atoms with van der Waals surface area (Å²) >= 11 is 0. The summed E-state index contributed by atoms with van der Waals surface area (Å²) in [6.07, 6.45) is 5.56. The fourth-order valence-corrected chi connectivity index (χ4v) is 4.22. The van der Waals surface area contributed by atoms with Gasteiger partial charge in [0.15, 0.2) is 0 Å². The summed E-state index contributed by atoms with van der Waals surface area (Å²) in [5.41, 5.74) is 0. The van der Waals surface area contributed by atoms with Crippen molar-refractivity contribution in [3.63, 3.8) is 0 Å². The molecule has 2 unspecified atom stereocenters. The first-order valence-electron chi connectivity index (χ1n) is 8.21. The molecule has 0 aliphatic carbocycles. The third-order valence-corrected chi connectivity index (χ3v) is 5.24. The van der Waals surface area contributed by atoms with Crippen LogP contribution in [0.1, 0.15) is 53.4 Å². The highest BCUT2D eigenvalue weighted by molar-refractivity contribution is 4.97. The number of hydrogen-bond donors (Lipinski definition) is 1. The van der Waals surface area contributed by atoms with Crippen molar-refractivity contribution in [2.75, 3.05) is 20.1 Å². The largest absolute Gasteiger partial charge is 0.317 e. The second kappa shape index (κ2) is 6.55. The molecule has 2 bridgehead atoms. The van der Waals surface area contributed by atoms with Crippen LogP contribution in [0.15, 0.2) is 0 Å². The van der Waals surface area contributed by atoms with E-state index in [4.69, 9.17) is 0 Å². The SMILES string of the molecule is CNC1CC2CCC(C1)N2CCN(C(C)C)C(C)C. The maximum atomic E-state index is 3.49. The molecule has 2 heterocycles. The molecule has 3 nitrogen and oxygen atoms in total. The maximum absolute atomic E-state index is 3.49. The van der Waals surface area contributed by atoms with Crippen molar-refractivity contribution in [1.82, 2.24) is 15.1 Å². The first kappa shape index (κ1) is 15.3. The lowest BCUT2D eigenvalue weighted by atomic mass is 9.97. The Kier molecular flexibility index (Phi) is 5.27. The van der Waals surface area contributed by atoms with Gasteiger partial charge in [-0.1, -0.05) is 0 Å². The molecule has 112 valence electrons. The number of rotatable bonds is 6. The van der Waals surface area contributed by atoms with Crippen LogP contribution in [-0.4, -0.2) is 60.1 Å². The minimum atomic E-state index is 0.660. The first-order chi connectivity index (χ1) is 9.02. The van der Waals surface area contributed by atoms with E-state index >= 15 is 0 Å². The third-order valence-electron chi connectivity index (χ3n) is 5.24. The van der Waals surface area contributed by atoms with Crippen LogP contribution < -0.4 is 5.32 Å². The first-order valence-corrected chi connectivity index (χ1v) is 8.21. The molecule has 0 aromatic rings. The highest BCUT2D eigenvalue weighted by Crippen LogP contribution is 2.35. The molecule has 2 fully saturated rings. The van der Waals surface area contributed by atoms with E-state index in [1.807, 2.05) is 0 Å². The standard InChI is InChI=1S/C16H33N3/c1-12(2)18(13(3)4)8-9-19-15-6-7-16(19)11-14(10-15)17-5/h12-17H,6-11H2,1-5H3. The van der Waals surface area contributed by atoms with Gasteiger partial charge in [0, 0.05) is 43.3 Å². The Labute approximate surface area is 119 Å². The van der Waals surface area contributed by atoms with Crippen LogP contribution in [0, 0.1) is 0 Å². The molecule has 0 amide bonds. The van der Waals surface area contributed by atoms with Crippen molar-refractivity contribution in [3.8, 4) is 0 Å². The van der Waals surface area contributed by atoms with Gasteiger partial charge in [-0.25, -0.2) is 0 Å². The van der Waals surface area contributed by atoms with Gasteiger partial charge in [-0.05, 0) is 60.4 Å². The fraction of sp³-hybridized carbons (Fsp3) is 1.00. The van der Waals surface area contributed by atoms with Crippen LogP contribution in [0.3, 0.4) is 0 Å². The van der Waals surface area contributed by atoms with E-state index in [-0.39, 0.29) is 0 Å². The molecule has 0 aromatic heterocycles. The zero-order valence-electron chi connectivity index (χ0n) is 13.5. The average Bonchev–Trinajstić information content (AvgIpc) is 2.60. The number of nitrogens with zero attached hydrogens (tertiary/aromatic N) is 2. The second-order valence-electron chi connectivity index (χ2n) is 7.01. The molecule has 0 spiro atoms. The molecule has 0 saturated carbocycles. The predicted molar refractivity (Wildman–Crippen MR) is 82.6 cm³/mol. The van der Waals surface area contributed by atoms with E-state index < -0.39 is 0 Å². The molecule has 2 saturated heterocycles. The van der Waals surface area contributed by atoms with Crippen LogP contribution in [0.2, 0.25) is 0 Å². The van der Waals surface area contributed by atoms with Crippen molar-refractivity contribution < 1.29 is 0 Å². The Morgan fingerprint density at radius 1 is 1.05 bits per heavy atom. The Hall–Kier alpha value is -0.120. The van der Waals surface area contributed by atoms with Gasteiger partial charge in [0.2, 0.25) is 0 Å². The van der Waals surface area contributed by atoms with Gasteiger partial charge >= 0.3 is 0 Å². The van der Waals surface area contributed by atoms with E-state index in [1.165, 1.54) is 38.8 Å². The Morgan fingerprint density at radius 3 is 2.00 bits per heavy atom. The zero-order chi connectivity index (χ0) is 14.0. The highest BCUT2D eigenvalue weighted by Gasteiger charge is 2.39. The van der Waals surface area contributed by atoms with Gasteiger partial charge in [-0.3, -0.25) is 9.80 Å². The second-order valence-corrected chi connectivity index (χ2v) is 7.01. The molecular weight excluding hydrogens is 234 g/mol. The summed E-state index contributed by atoms with van der Waals surface area (Å²) in [6.45, 7) is 11.8. The van der Waals surface area contributed by atoms with E-state index in [1.54, 1.807) is 0 Å². The number of hydrogen-bond acceptors (Lipinski definition) is 3. The summed E-state index contributed by atoms with van der Waals surface area (Å²) in [6, 6.07) is 3.77. The van der Waals surface area contributed by atoms with E-state index in [0.717, 1.165) is 18.1 Å². The van der Waals surface area contributed by atoms with Gasteiger partial charge in [0.25, 0.3) is 0 Å². The van der Waals surface area contributed by atoms with Crippen LogP contribution in [0.5, 0.6) is 0 Å². The lowest BCUT2D eigenvalue weighted by Crippen LogP contribution is -2.51. The summed E-state index contributed by atoms with van der Waals surface area (Å²) in [5.74, 6) is 0. The van der Waals surface area contributed by atoms with E-state index in [0.29, 0.717) is 12.1 Å². The predicted octanol–water partition coefficient (Wildman–Crippen LogP) is 2.32. The van der Waals surface area contributed by atoms with Crippen molar-refractivity contribution in [1.29, 1.82) is 0 Å². The van der Waals surface area contributed by atoms with Gasteiger partial charge in [0.05, 0.1) is 0 Å². The van der Waals surface area contributed by atoms with Gasteiger partial charge in [-0.15, -0.1) is 0 Å². The van der Waals surface area contributed by atoms with Crippen LogP contribution in [0.25, 0.3) is 0 Å². The summed E-state index contributed by atoms with van der Waals surface area (Å²) < 4.78 is 0. The molecule has 2 atom stereocenters. The lowest BCUT2D eigenvalue weighted by Gasteiger charge is -2.41. The molecule has 2 aliphatic heterocycles. The van der Waals surface area contributed by atoms with Crippen LogP contribution >= 0.6 is 0 Å². The molecule has 0 aromatic carbocycles. The average molecular weight is 267 g/mol. The van der Waals surface area contributed by atoms with Crippen molar-refractivity contribution in [2.24, 2.45) is 0 Å². The minimum Gasteiger partial charge on any atom is -0.317 e. The Morgan fingerprint density at radius 2 is 1.58 bits per heavy atom. The highest BCUT2D eigenvalue weighted by atomic mass is 15.3. The Bertz CT molecular complexity index is 255. The normalized spacial score (nSPS) is 31.9. The Balaban J connectivity index is 1.87. The van der Waals surface area contributed by atoms with Gasteiger partial charge < -0.3 is 5.32 Å². The third kappa shape index (κ3) is 3.50. The number of piperidine rings is 1. The monoisotopic (exact) mass is 267 g/mol. The molecule has 0 radical (unpaired) electrons. The maximum Gasteiger partial charge on any atom is 0.0115 e. The van der Waals surface area contributed by atoms with Crippen LogP contribution in [-0.2, 0) is 0 Å². The topological polar surface area (TPSA) is 18.5 Å². The lowest BCUT2D eigenvalue weighted by molar-refractivity contribution is 0.0844. The molecular formula is C16H33N3.